The summed E-state index contributed by atoms with van der Waals surface area (Å²) in [6.45, 7) is 2.15. The number of hydrogen-bond acceptors (Lipinski definition) is 6. The van der Waals surface area contributed by atoms with Gasteiger partial charge in [0.2, 0.25) is 5.91 Å². The zero-order valence-corrected chi connectivity index (χ0v) is 12.4. The molecule has 21 heavy (non-hydrogen) atoms. The lowest BCUT2D eigenvalue weighted by molar-refractivity contribution is -0.127. The van der Waals surface area contributed by atoms with Crippen LogP contribution in [0.3, 0.4) is 0 Å². The lowest BCUT2D eigenvalue weighted by Crippen LogP contribution is -2.26. The van der Waals surface area contributed by atoms with E-state index >= 15 is 0 Å². The number of amides is 1. The molecule has 2 aromatic rings. The summed E-state index contributed by atoms with van der Waals surface area (Å²) in [5.41, 5.74) is 1.63. The van der Waals surface area contributed by atoms with E-state index < -0.39 is 0 Å². The third-order valence-corrected chi connectivity index (χ3v) is 3.89. The van der Waals surface area contributed by atoms with Crippen molar-refractivity contribution in [2.75, 3.05) is 19.7 Å². The highest BCUT2D eigenvalue weighted by molar-refractivity contribution is 6.99. The second-order valence-corrected chi connectivity index (χ2v) is 5.37. The minimum absolute atomic E-state index is 0.251. The smallest absolute Gasteiger partial charge is 0.254 e. The quantitative estimate of drug-likeness (QED) is 0.763. The Morgan fingerprint density at radius 3 is 3.10 bits per heavy atom. The molecule has 3 heterocycles. The first kappa shape index (κ1) is 13.9. The van der Waals surface area contributed by atoms with Crippen LogP contribution in [0.25, 0.3) is 11.3 Å². The van der Waals surface area contributed by atoms with E-state index in [2.05, 4.69) is 13.7 Å². The van der Waals surface area contributed by atoms with E-state index in [1.807, 2.05) is 17.0 Å². The Balaban J connectivity index is 1.52. The van der Waals surface area contributed by atoms with Gasteiger partial charge in [0, 0.05) is 37.5 Å². The van der Waals surface area contributed by atoms with Crippen molar-refractivity contribution in [1.29, 1.82) is 0 Å². The summed E-state index contributed by atoms with van der Waals surface area (Å²) >= 11 is 1.13. The molecular formula is C14H16N4O2S. The molecule has 1 amide bonds. The van der Waals surface area contributed by atoms with Gasteiger partial charge < -0.3 is 9.64 Å². The van der Waals surface area contributed by atoms with Gasteiger partial charge in [0.25, 0.3) is 5.88 Å². The van der Waals surface area contributed by atoms with Crippen LogP contribution in [0.4, 0.5) is 0 Å². The highest BCUT2D eigenvalue weighted by Crippen LogP contribution is 2.26. The van der Waals surface area contributed by atoms with Crippen LogP contribution in [0.15, 0.2) is 24.5 Å². The number of carbonyl (C=O) groups excluding carboxylic acids is 1. The summed E-state index contributed by atoms with van der Waals surface area (Å²) in [5, 5.41) is 0. The van der Waals surface area contributed by atoms with Gasteiger partial charge in [-0.25, -0.2) is 0 Å². The molecule has 1 aliphatic rings. The van der Waals surface area contributed by atoms with Crippen LogP contribution in [-0.4, -0.2) is 44.2 Å². The first-order chi connectivity index (χ1) is 10.3. The molecule has 6 nitrogen and oxygen atoms in total. The molecule has 0 N–H and O–H groups in total. The molecule has 0 spiro atoms. The van der Waals surface area contributed by atoms with Crippen LogP contribution >= 0.6 is 11.7 Å². The third kappa shape index (κ3) is 3.36. The Bertz CT molecular complexity index is 602. The summed E-state index contributed by atoms with van der Waals surface area (Å²) < 4.78 is 14.1. The molecule has 0 radical (unpaired) electrons. The molecule has 0 unspecified atom stereocenters. The molecule has 1 aliphatic heterocycles. The fraction of sp³-hybridized carbons (Fsp3) is 0.429. The van der Waals surface area contributed by atoms with E-state index in [0.717, 1.165) is 48.9 Å². The Morgan fingerprint density at radius 2 is 2.33 bits per heavy atom. The summed E-state index contributed by atoms with van der Waals surface area (Å²) in [7, 11) is 0. The lowest BCUT2D eigenvalue weighted by Gasteiger charge is -2.14. The summed E-state index contributed by atoms with van der Waals surface area (Å²) in [5.74, 6) is 0.794. The van der Waals surface area contributed by atoms with E-state index in [0.29, 0.717) is 18.9 Å². The average Bonchev–Trinajstić information content (AvgIpc) is 3.14. The maximum Gasteiger partial charge on any atom is 0.254 e. The Morgan fingerprint density at radius 1 is 1.38 bits per heavy atom. The Kier molecular flexibility index (Phi) is 4.40. The standard InChI is InChI=1S/C14H16N4O2S/c19-12-5-2-7-18(12)8-3-9-20-14-13(16-21-17-14)11-4-1-6-15-10-11/h1,4,6,10H,2-3,5,7-9H2. The van der Waals surface area contributed by atoms with Crippen molar-refractivity contribution in [2.24, 2.45) is 0 Å². The lowest BCUT2D eigenvalue weighted by atomic mass is 10.2. The maximum absolute atomic E-state index is 11.5. The number of pyridine rings is 1. The molecule has 0 aliphatic carbocycles. The largest absolute Gasteiger partial charge is 0.475 e. The number of carbonyl (C=O) groups is 1. The summed E-state index contributed by atoms with van der Waals surface area (Å²) in [6, 6.07) is 3.79. The van der Waals surface area contributed by atoms with Gasteiger partial charge in [-0.3, -0.25) is 9.78 Å². The average molecular weight is 304 g/mol. The number of aromatic nitrogens is 3. The highest BCUT2D eigenvalue weighted by Gasteiger charge is 2.19. The van der Waals surface area contributed by atoms with Gasteiger partial charge in [0.15, 0.2) is 0 Å². The van der Waals surface area contributed by atoms with Gasteiger partial charge in [-0.2, -0.15) is 4.37 Å². The summed E-state index contributed by atoms with van der Waals surface area (Å²) in [4.78, 5) is 17.5. The van der Waals surface area contributed by atoms with Crippen molar-refractivity contribution < 1.29 is 9.53 Å². The number of hydrogen-bond donors (Lipinski definition) is 0. The normalized spacial score (nSPS) is 14.7. The van der Waals surface area contributed by atoms with Crippen molar-refractivity contribution in [3.63, 3.8) is 0 Å². The molecule has 2 aromatic heterocycles. The van der Waals surface area contributed by atoms with Crippen molar-refractivity contribution in [2.45, 2.75) is 19.3 Å². The van der Waals surface area contributed by atoms with Gasteiger partial charge in [-0.05, 0) is 25.0 Å². The van der Waals surface area contributed by atoms with Gasteiger partial charge in [0.05, 0.1) is 18.3 Å². The predicted molar refractivity (Wildman–Crippen MR) is 79.1 cm³/mol. The van der Waals surface area contributed by atoms with E-state index in [4.69, 9.17) is 4.74 Å². The molecule has 1 saturated heterocycles. The van der Waals surface area contributed by atoms with Gasteiger partial charge in [-0.1, -0.05) is 0 Å². The van der Waals surface area contributed by atoms with Crippen LogP contribution < -0.4 is 4.74 Å². The van der Waals surface area contributed by atoms with Gasteiger partial charge in [0.1, 0.15) is 5.69 Å². The van der Waals surface area contributed by atoms with Crippen molar-refractivity contribution in [1.82, 2.24) is 18.6 Å². The highest BCUT2D eigenvalue weighted by atomic mass is 32.1. The SMILES string of the molecule is O=C1CCCN1CCCOc1nsnc1-c1cccnc1. The zero-order chi connectivity index (χ0) is 14.5. The molecule has 110 valence electrons. The minimum atomic E-state index is 0.251. The van der Waals surface area contributed by atoms with Gasteiger partial charge >= 0.3 is 0 Å². The molecule has 0 bridgehead atoms. The first-order valence-electron chi connectivity index (χ1n) is 6.98. The van der Waals surface area contributed by atoms with E-state index in [1.54, 1.807) is 12.4 Å². The number of nitrogens with zero attached hydrogens (tertiary/aromatic N) is 4. The monoisotopic (exact) mass is 304 g/mol. The second kappa shape index (κ2) is 6.62. The van der Waals surface area contributed by atoms with Crippen LogP contribution in [0.5, 0.6) is 5.88 Å². The maximum atomic E-state index is 11.5. The predicted octanol–water partition coefficient (Wildman–Crippen LogP) is 1.99. The number of likely N-dealkylation sites (tertiary alicyclic amines) is 1. The van der Waals surface area contributed by atoms with Crippen LogP contribution in [-0.2, 0) is 4.79 Å². The number of rotatable bonds is 6. The second-order valence-electron chi connectivity index (χ2n) is 4.85. The van der Waals surface area contributed by atoms with Crippen LogP contribution in [0, 0.1) is 0 Å². The summed E-state index contributed by atoms with van der Waals surface area (Å²) in [6.07, 6.45) is 5.92. The topological polar surface area (TPSA) is 68.2 Å². The van der Waals surface area contributed by atoms with E-state index in [9.17, 15) is 4.79 Å². The first-order valence-corrected chi connectivity index (χ1v) is 7.71. The molecule has 0 aromatic carbocycles. The Labute approximate surface area is 127 Å². The van der Waals surface area contributed by atoms with Crippen molar-refractivity contribution in [3.05, 3.63) is 24.5 Å². The molecule has 0 saturated carbocycles. The van der Waals surface area contributed by atoms with Crippen LogP contribution in [0.1, 0.15) is 19.3 Å². The molecular weight excluding hydrogens is 288 g/mol. The molecule has 0 atom stereocenters. The van der Waals surface area contributed by atoms with Crippen molar-refractivity contribution in [3.8, 4) is 17.1 Å². The minimum Gasteiger partial charge on any atom is -0.475 e. The Hall–Kier alpha value is -2.02. The van der Waals surface area contributed by atoms with E-state index in [-0.39, 0.29) is 5.91 Å². The third-order valence-electron chi connectivity index (χ3n) is 3.38. The molecule has 3 rings (SSSR count). The van der Waals surface area contributed by atoms with Crippen molar-refractivity contribution >= 4 is 17.6 Å². The number of ether oxygens (including phenoxy) is 1. The van der Waals surface area contributed by atoms with Crippen LogP contribution in [0.2, 0.25) is 0 Å². The molecule has 7 heteroatoms. The fourth-order valence-electron chi connectivity index (χ4n) is 2.32. The fourth-order valence-corrected chi connectivity index (χ4v) is 2.84. The molecule has 1 fully saturated rings. The van der Waals surface area contributed by atoms with Gasteiger partial charge in [-0.15, -0.1) is 4.37 Å². The zero-order valence-electron chi connectivity index (χ0n) is 11.6. The van der Waals surface area contributed by atoms with E-state index in [1.165, 1.54) is 0 Å².